The third kappa shape index (κ3) is 12.5. The molecule has 2 aromatic heterocycles. The van der Waals surface area contributed by atoms with Crippen LogP contribution in [0.25, 0.3) is 0 Å². The minimum absolute atomic E-state index is 0.0807. The minimum atomic E-state index is -4.70. The van der Waals surface area contributed by atoms with Crippen LogP contribution in [0.1, 0.15) is 43.5 Å². The van der Waals surface area contributed by atoms with E-state index in [1.165, 1.54) is 13.8 Å². The quantitative estimate of drug-likeness (QED) is 0.137. The Bertz CT molecular complexity index is 2320. The van der Waals surface area contributed by atoms with Gasteiger partial charge in [0.2, 0.25) is 11.8 Å². The second-order valence-corrected chi connectivity index (χ2v) is 17.1. The van der Waals surface area contributed by atoms with Crippen LogP contribution in [-0.4, -0.2) is 105 Å². The molecule has 3 amide bonds. The average Bonchev–Trinajstić information content (AvgIpc) is 3.65. The lowest BCUT2D eigenvalue weighted by Crippen LogP contribution is -2.49. The fraction of sp³-hybridized carbons (Fsp3) is 0.462. The first-order valence-corrected chi connectivity index (χ1v) is 20.7. The molecule has 3 N–H and O–H groups in total. The predicted octanol–water partition coefficient (Wildman–Crippen LogP) is 8.66. The van der Waals surface area contributed by atoms with E-state index < -0.39 is 45.5 Å². The molecular formula is C39H44Cl4F6N10O4. The van der Waals surface area contributed by atoms with Gasteiger partial charge in [-0.25, -0.2) is 4.79 Å². The molecule has 4 heterocycles. The van der Waals surface area contributed by atoms with Crippen molar-refractivity contribution in [3.63, 3.8) is 0 Å². The number of benzene rings is 2. The Morgan fingerprint density at radius 3 is 1.43 bits per heavy atom. The van der Waals surface area contributed by atoms with Gasteiger partial charge in [0.1, 0.15) is 18.7 Å². The zero-order valence-electron chi connectivity index (χ0n) is 34.6. The van der Waals surface area contributed by atoms with Crippen molar-refractivity contribution in [3.05, 3.63) is 79.3 Å². The van der Waals surface area contributed by atoms with Crippen LogP contribution < -0.4 is 20.9 Å². The van der Waals surface area contributed by atoms with Crippen LogP contribution >= 0.6 is 46.4 Å². The van der Waals surface area contributed by atoms with E-state index in [4.69, 9.17) is 56.9 Å². The molecule has 2 aliphatic heterocycles. The van der Waals surface area contributed by atoms with Crippen molar-refractivity contribution in [2.75, 3.05) is 73.2 Å². The number of hydrogen-bond acceptors (Lipinski definition) is 9. The molecule has 0 unspecified atom stereocenters. The lowest BCUT2D eigenvalue weighted by Gasteiger charge is -2.36. The average molecular weight is 973 g/mol. The predicted molar refractivity (Wildman–Crippen MR) is 229 cm³/mol. The highest BCUT2D eigenvalue weighted by Gasteiger charge is 2.40. The molecule has 0 spiro atoms. The summed E-state index contributed by atoms with van der Waals surface area (Å²) in [5, 5.41) is 9.43. The van der Waals surface area contributed by atoms with Crippen LogP contribution in [0.4, 0.5) is 53.9 Å². The molecule has 63 heavy (non-hydrogen) atoms. The number of nitrogens with one attached hydrogen (secondary N) is 1. The Hall–Kier alpha value is -4.79. The van der Waals surface area contributed by atoms with Gasteiger partial charge in [0.25, 0.3) is 0 Å². The lowest BCUT2D eigenvalue weighted by molar-refractivity contribution is -0.142. The number of rotatable bonds is 7. The molecule has 2 fully saturated rings. The summed E-state index contributed by atoms with van der Waals surface area (Å²) in [7, 11) is 0. The molecule has 4 aromatic rings. The first-order chi connectivity index (χ1) is 29.2. The van der Waals surface area contributed by atoms with Gasteiger partial charge in [-0.05, 0) is 71.0 Å². The van der Waals surface area contributed by atoms with E-state index in [9.17, 15) is 40.7 Å². The summed E-state index contributed by atoms with van der Waals surface area (Å²) in [6.07, 6.45) is -9.99. The molecule has 2 aliphatic rings. The van der Waals surface area contributed by atoms with Gasteiger partial charge < -0.3 is 30.1 Å². The summed E-state index contributed by atoms with van der Waals surface area (Å²) in [6, 6.07) is 10.5. The van der Waals surface area contributed by atoms with Crippen LogP contribution in [0.15, 0.2) is 36.4 Å². The molecule has 2 aromatic carbocycles. The number of piperazine rings is 2. The van der Waals surface area contributed by atoms with Gasteiger partial charge in [-0.2, -0.15) is 36.5 Å². The Kier molecular flexibility index (Phi) is 15.3. The fourth-order valence-electron chi connectivity index (χ4n) is 6.55. The normalized spacial score (nSPS) is 15.0. The molecule has 0 aliphatic carbocycles. The van der Waals surface area contributed by atoms with E-state index >= 15 is 0 Å². The second kappa shape index (κ2) is 19.5. The van der Waals surface area contributed by atoms with Gasteiger partial charge in [0.15, 0.2) is 11.4 Å². The summed E-state index contributed by atoms with van der Waals surface area (Å²) in [5.74, 6) is -0.671. The third-order valence-corrected chi connectivity index (χ3v) is 11.5. The van der Waals surface area contributed by atoms with Crippen LogP contribution in [0, 0.1) is 13.8 Å². The summed E-state index contributed by atoms with van der Waals surface area (Å²) in [4.78, 5) is 44.6. The van der Waals surface area contributed by atoms with Crippen molar-refractivity contribution in [3.8, 4) is 0 Å². The SMILES string of the molecule is Cc1c(Cl)c(C(F)(F)F)nn1CC(=O)N1CCN(c2ccc(Cl)c(N)c2)CC1.Cc1c(Cl)c(C(F)(F)F)nn1CC(=O)N1CCN(c2ccc(Cl)c(NC(=O)OC(C)(C)C)c2)CC1. The molecule has 6 rings (SSSR count). The van der Waals surface area contributed by atoms with E-state index in [2.05, 4.69) is 20.4 Å². The molecule has 0 atom stereocenters. The summed E-state index contributed by atoms with van der Waals surface area (Å²) in [5.41, 5.74) is 5.53. The molecule has 24 heteroatoms. The van der Waals surface area contributed by atoms with Gasteiger partial charge in [0, 0.05) is 63.7 Å². The maximum atomic E-state index is 13.0. The number of alkyl halides is 6. The first-order valence-electron chi connectivity index (χ1n) is 19.2. The van der Waals surface area contributed by atoms with Crippen molar-refractivity contribution >= 4 is 87.1 Å². The summed E-state index contributed by atoms with van der Waals surface area (Å²) in [6.45, 7) is 11.1. The summed E-state index contributed by atoms with van der Waals surface area (Å²) >= 11 is 23.6. The maximum absolute atomic E-state index is 13.0. The van der Waals surface area contributed by atoms with E-state index in [0.29, 0.717) is 73.8 Å². The smallest absolute Gasteiger partial charge is 0.436 e. The largest absolute Gasteiger partial charge is 0.444 e. The number of amides is 3. The van der Waals surface area contributed by atoms with E-state index in [1.54, 1.807) is 60.9 Å². The molecule has 2 saturated heterocycles. The van der Waals surface area contributed by atoms with Gasteiger partial charge in [-0.15, -0.1) is 0 Å². The Labute approximate surface area is 378 Å². The number of hydrogen-bond donors (Lipinski definition) is 2. The standard InChI is InChI=1S/C22H26Cl2F3N5O3.C17H18Cl2F3N5O/c1-13-18(24)19(22(25,26)27)29-32(13)12-17(33)31-9-7-30(8-10-31)14-5-6-15(23)16(11-14)28-20(34)35-21(2,3)4;1-10-15(19)16(17(20,21)22)24-27(10)9-14(28)26-6-4-25(5-7-26)11-2-3-12(18)13(23)8-11/h5-6,11H,7-10,12H2,1-4H3,(H,28,34);2-3,8H,4-7,9,23H2,1H3. The monoisotopic (exact) mass is 970 g/mol. The number of halogens is 10. The van der Waals surface area contributed by atoms with E-state index in [-0.39, 0.29) is 36.3 Å². The molecule has 0 radical (unpaired) electrons. The second-order valence-electron chi connectivity index (χ2n) is 15.5. The zero-order chi connectivity index (χ0) is 46.8. The first kappa shape index (κ1) is 49.2. The van der Waals surface area contributed by atoms with Crippen molar-refractivity contribution in [1.29, 1.82) is 0 Å². The number of aromatic nitrogens is 4. The fourth-order valence-corrected chi connectivity index (χ4v) is 7.32. The lowest BCUT2D eigenvalue weighted by atomic mass is 10.2. The number of nitrogens with two attached hydrogens (primary N) is 1. The van der Waals surface area contributed by atoms with E-state index in [0.717, 1.165) is 20.7 Å². The molecule has 0 bridgehead atoms. The number of ether oxygens (including phenoxy) is 1. The Balaban J connectivity index is 0.000000243. The summed E-state index contributed by atoms with van der Waals surface area (Å²) < 4.78 is 85.1. The Morgan fingerprint density at radius 1 is 0.667 bits per heavy atom. The van der Waals surface area contributed by atoms with Crippen molar-refractivity contribution in [2.24, 2.45) is 0 Å². The minimum Gasteiger partial charge on any atom is -0.444 e. The maximum Gasteiger partial charge on any atom is 0.436 e. The number of nitrogen functional groups attached to an aromatic ring is 1. The van der Waals surface area contributed by atoms with Gasteiger partial charge >= 0.3 is 18.4 Å². The highest BCUT2D eigenvalue weighted by Crippen LogP contribution is 2.37. The number of carbonyl (C=O) groups is 3. The van der Waals surface area contributed by atoms with Crippen LogP contribution in [0.5, 0.6) is 0 Å². The van der Waals surface area contributed by atoms with Crippen molar-refractivity contribution in [2.45, 2.75) is 65.7 Å². The van der Waals surface area contributed by atoms with Gasteiger partial charge in [-0.3, -0.25) is 24.3 Å². The Morgan fingerprint density at radius 2 is 1.06 bits per heavy atom. The molecular weight excluding hydrogens is 928 g/mol. The van der Waals surface area contributed by atoms with Gasteiger partial charge in [-0.1, -0.05) is 46.4 Å². The number of carbonyl (C=O) groups excluding carboxylic acids is 3. The van der Waals surface area contributed by atoms with Crippen molar-refractivity contribution in [1.82, 2.24) is 29.4 Å². The molecule has 14 nitrogen and oxygen atoms in total. The number of anilines is 4. The van der Waals surface area contributed by atoms with Gasteiger partial charge in [0.05, 0.1) is 42.9 Å². The molecule has 0 saturated carbocycles. The third-order valence-electron chi connectivity index (χ3n) is 9.93. The highest BCUT2D eigenvalue weighted by atomic mass is 35.5. The van der Waals surface area contributed by atoms with E-state index in [1.807, 2.05) is 11.0 Å². The highest BCUT2D eigenvalue weighted by molar-refractivity contribution is 6.34. The topological polar surface area (TPSA) is 147 Å². The van der Waals surface area contributed by atoms with Crippen LogP contribution in [0.2, 0.25) is 20.1 Å². The van der Waals surface area contributed by atoms with Crippen LogP contribution in [-0.2, 0) is 39.8 Å². The zero-order valence-corrected chi connectivity index (χ0v) is 37.6. The van der Waals surface area contributed by atoms with Crippen LogP contribution in [0.3, 0.4) is 0 Å². The number of nitrogens with zero attached hydrogens (tertiary/aromatic N) is 8. The van der Waals surface area contributed by atoms with Crippen molar-refractivity contribution < 1.29 is 45.5 Å². The molecule has 344 valence electrons.